The van der Waals surface area contributed by atoms with Gasteiger partial charge in [0.1, 0.15) is 5.82 Å². The Morgan fingerprint density at radius 3 is 2.79 bits per heavy atom. The predicted octanol–water partition coefficient (Wildman–Crippen LogP) is 4.27. The van der Waals surface area contributed by atoms with Crippen LogP contribution in [-0.4, -0.2) is 0 Å². The third-order valence-electron chi connectivity index (χ3n) is 2.92. The minimum Gasteiger partial charge on any atom is -0.381 e. The molecule has 0 unspecified atom stereocenters. The first kappa shape index (κ1) is 13.4. The lowest BCUT2D eigenvalue weighted by atomic mass is 10.1. The van der Waals surface area contributed by atoms with Gasteiger partial charge in [-0.3, -0.25) is 0 Å². The second-order valence-electron chi connectivity index (χ2n) is 4.18. The summed E-state index contributed by atoms with van der Waals surface area (Å²) in [5, 5.41) is 12.4. The van der Waals surface area contributed by atoms with Crippen LogP contribution in [0.4, 0.5) is 10.1 Å². The van der Waals surface area contributed by atoms with Crippen LogP contribution in [0.1, 0.15) is 16.7 Å². The summed E-state index contributed by atoms with van der Waals surface area (Å²) in [5.41, 5.74) is 2.70. The highest BCUT2D eigenvalue weighted by molar-refractivity contribution is 6.31. The van der Waals surface area contributed by atoms with Gasteiger partial charge in [-0.05, 0) is 36.8 Å². The summed E-state index contributed by atoms with van der Waals surface area (Å²) in [6.45, 7) is 2.20. The van der Waals surface area contributed by atoms with E-state index < -0.39 is 0 Å². The largest absolute Gasteiger partial charge is 0.381 e. The topological polar surface area (TPSA) is 35.8 Å². The molecule has 0 fully saturated rings. The van der Waals surface area contributed by atoms with Crippen LogP contribution in [0.2, 0.25) is 5.02 Å². The van der Waals surface area contributed by atoms with E-state index in [2.05, 4.69) is 5.32 Å². The van der Waals surface area contributed by atoms with Gasteiger partial charge in [0, 0.05) is 22.8 Å². The number of benzene rings is 2. The first-order chi connectivity index (χ1) is 9.11. The molecule has 0 aromatic heterocycles. The number of hydrogen-bond donors (Lipinski definition) is 1. The third-order valence-corrected chi connectivity index (χ3v) is 3.27. The number of nitrogens with one attached hydrogen (secondary N) is 1. The van der Waals surface area contributed by atoms with Gasteiger partial charge in [0.25, 0.3) is 0 Å². The van der Waals surface area contributed by atoms with Gasteiger partial charge in [0.15, 0.2) is 0 Å². The molecular weight excluding hydrogens is 263 g/mol. The maximum absolute atomic E-state index is 13.4. The highest BCUT2D eigenvalue weighted by atomic mass is 35.5. The lowest BCUT2D eigenvalue weighted by Gasteiger charge is -2.11. The van der Waals surface area contributed by atoms with Crippen LogP contribution in [0.15, 0.2) is 36.4 Å². The second-order valence-corrected chi connectivity index (χ2v) is 4.59. The van der Waals surface area contributed by atoms with Crippen LogP contribution < -0.4 is 5.32 Å². The highest BCUT2D eigenvalue weighted by Gasteiger charge is 2.05. The quantitative estimate of drug-likeness (QED) is 0.907. The zero-order valence-electron chi connectivity index (χ0n) is 10.4. The predicted molar refractivity (Wildman–Crippen MR) is 74.6 cm³/mol. The fourth-order valence-electron chi connectivity index (χ4n) is 1.75. The molecule has 0 atom stereocenters. The average Bonchev–Trinajstić information content (AvgIpc) is 2.41. The molecule has 2 nitrogen and oxygen atoms in total. The van der Waals surface area contributed by atoms with E-state index in [1.807, 2.05) is 12.1 Å². The molecule has 0 radical (unpaired) electrons. The minimum absolute atomic E-state index is 0.240. The van der Waals surface area contributed by atoms with Crippen LogP contribution in [0.5, 0.6) is 0 Å². The highest BCUT2D eigenvalue weighted by Crippen LogP contribution is 2.21. The SMILES string of the molecule is Cc1c(F)cccc1NCc1ccc(C#N)cc1Cl. The van der Waals surface area contributed by atoms with Crippen LogP contribution in [0, 0.1) is 24.1 Å². The molecule has 0 aliphatic rings. The van der Waals surface area contributed by atoms with Crippen molar-refractivity contribution >= 4 is 17.3 Å². The van der Waals surface area contributed by atoms with Gasteiger partial charge < -0.3 is 5.32 Å². The molecule has 2 rings (SSSR count). The summed E-state index contributed by atoms with van der Waals surface area (Å²) in [5.74, 6) is -0.240. The molecule has 0 aliphatic heterocycles. The van der Waals surface area contributed by atoms with Crippen molar-refractivity contribution in [3.05, 3.63) is 63.9 Å². The zero-order chi connectivity index (χ0) is 13.8. The van der Waals surface area contributed by atoms with E-state index >= 15 is 0 Å². The molecule has 4 heteroatoms. The summed E-state index contributed by atoms with van der Waals surface area (Å²) < 4.78 is 13.4. The van der Waals surface area contributed by atoms with E-state index in [9.17, 15) is 4.39 Å². The zero-order valence-corrected chi connectivity index (χ0v) is 11.1. The molecule has 2 aromatic rings. The molecule has 0 bridgehead atoms. The fraction of sp³-hybridized carbons (Fsp3) is 0.133. The number of hydrogen-bond acceptors (Lipinski definition) is 2. The van der Waals surface area contributed by atoms with Crippen molar-refractivity contribution in [3.63, 3.8) is 0 Å². The molecular formula is C15H12ClFN2. The summed E-state index contributed by atoms with van der Waals surface area (Å²) >= 11 is 6.08. The second kappa shape index (κ2) is 5.73. The average molecular weight is 275 g/mol. The van der Waals surface area contributed by atoms with Crippen molar-refractivity contribution < 1.29 is 4.39 Å². The summed E-state index contributed by atoms with van der Waals surface area (Å²) in [4.78, 5) is 0. The molecule has 96 valence electrons. The standard InChI is InChI=1S/C15H12ClFN2/c1-10-14(17)3-2-4-15(10)19-9-12-6-5-11(8-18)7-13(12)16/h2-7,19H,9H2,1H3. The first-order valence-electron chi connectivity index (χ1n) is 5.79. The van der Waals surface area contributed by atoms with E-state index in [0.717, 1.165) is 11.3 Å². The third kappa shape index (κ3) is 3.04. The lowest BCUT2D eigenvalue weighted by molar-refractivity contribution is 0.619. The normalized spacial score (nSPS) is 10.0. The molecule has 0 saturated heterocycles. The lowest BCUT2D eigenvalue weighted by Crippen LogP contribution is -2.02. The van der Waals surface area contributed by atoms with Gasteiger partial charge in [-0.2, -0.15) is 5.26 Å². The van der Waals surface area contributed by atoms with Crippen LogP contribution >= 0.6 is 11.6 Å². The van der Waals surface area contributed by atoms with Crippen molar-refractivity contribution in [2.45, 2.75) is 13.5 Å². The van der Waals surface area contributed by atoms with E-state index in [4.69, 9.17) is 16.9 Å². The van der Waals surface area contributed by atoms with Crippen LogP contribution in [0.25, 0.3) is 0 Å². The number of anilines is 1. The number of rotatable bonds is 3. The van der Waals surface area contributed by atoms with Gasteiger partial charge in [-0.1, -0.05) is 23.7 Å². The number of halogens is 2. The van der Waals surface area contributed by atoms with Gasteiger partial charge in [-0.25, -0.2) is 4.39 Å². The maximum atomic E-state index is 13.4. The fourth-order valence-corrected chi connectivity index (χ4v) is 2.00. The van der Waals surface area contributed by atoms with E-state index in [-0.39, 0.29) is 5.82 Å². The Morgan fingerprint density at radius 1 is 1.32 bits per heavy atom. The number of nitriles is 1. The molecule has 0 aliphatic carbocycles. The summed E-state index contributed by atoms with van der Waals surface area (Å²) in [7, 11) is 0. The minimum atomic E-state index is -0.240. The Hall–Kier alpha value is -2.05. The van der Waals surface area contributed by atoms with Gasteiger partial charge in [0.2, 0.25) is 0 Å². The van der Waals surface area contributed by atoms with Crippen molar-refractivity contribution in [3.8, 4) is 6.07 Å². The van der Waals surface area contributed by atoms with Crippen LogP contribution in [-0.2, 0) is 6.54 Å². The van der Waals surface area contributed by atoms with Gasteiger partial charge >= 0.3 is 0 Å². The smallest absolute Gasteiger partial charge is 0.128 e. The van der Waals surface area contributed by atoms with Crippen molar-refractivity contribution in [2.24, 2.45) is 0 Å². The van der Waals surface area contributed by atoms with E-state index in [0.29, 0.717) is 22.7 Å². The molecule has 0 spiro atoms. The Morgan fingerprint density at radius 2 is 2.11 bits per heavy atom. The Bertz CT molecular complexity index is 647. The van der Waals surface area contributed by atoms with Gasteiger partial charge in [-0.15, -0.1) is 0 Å². The Kier molecular flexibility index (Phi) is 4.03. The maximum Gasteiger partial charge on any atom is 0.128 e. The molecule has 0 heterocycles. The van der Waals surface area contributed by atoms with E-state index in [1.54, 1.807) is 31.2 Å². The van der Waals surface area contributed by atoms with Gasteiger partial charge in [0.05, 0.1) is 11.6 Å². The van der Waals surface area contributed by atoms with Crippen LogP contribution in [0.3, 0.4) is 0 Å². The molecule has 19 heavy (non-hydrogen) atoms. The summed E-state index contributed by atoms with van der Waals surface area (Å²) in [6, 6.07) is 12.1. The Labute approximate surface area is 116 Å². The molecule has 0 amide bonds. The van der Waals surface area contributed by atoms with Crippen molar-refractivity contribution in [2.75, 3.05) is 5.32 Å². The first-order valence-corrected chi connectivity index (χ1v) is 6.17. The monoisotopic (exact) mass is 274 g/mol. The Balaban J connectivity index is 2.15. The molecule has 0 saturated carbocycles. The van der Waals surface area contributed by atoms with Crippen molar-refractivity contribution in [1.29, 1.82) is 5.26 Å². The molecule has 2 aromatic carbocycles. The van der Waals surface area contributed by atoms with E-state index in [1.165, 1.54) is 6.07 Å². The van der Waals surface area contributed by atoms with Crippen molar-refractivity contribution in [1.82, 2.24) is 0 Å². The summed E-state index contributed by atoms with van der Waals surface area (Å²) in [6.07, 6.45) is 0. The molecule has 1 N–H and O–H groups in total. The number of nitrogens with zero attached hydrogens (tertiary/aromatic N) is 1.